The van der Waals surface area contributed by atoms with E-state index in [1.54, 1.807) is 6.07 Å². The van der Waals surface area contributed by atoms with E-state index in [1.165, 1.54) is 0 Å². The highest BCUT2D eigenvalue weighted by atomic mass is 32.2. The first-order valence-corrected chi connectivity index (χ1v) is 16.8. The maximum absolute atomic E-state index is 13.2. The van der Waals surface area contributed by atoms with Crippen molar-refractivity contribution in [3.8, 4) is 5.75 Å². The van der Waals surface area contributed by atoms with Gasteiger partial charge < -0.3 is 15.6 Å². The monoisotopic (exact) mass is 575 g/mol. The van der Waals surface area contributed by atoms with Crippen LogP contribution in [0.15, 0.2) is 48.5 Å². The van der Waals surface area contributed by atoms with Gasteiger partial charge >= 0.3 is 22.4 Å². The highest BCUT2D eigenvalue weighted by molar-refractivity contribution is 7.91. The minimum Gasteiger partial charge on any atom is -0.487 e. The predicted octanol–water partition coefficient (Wildman–Crippen LogP) is 3.63. The molecule has 0 aliphatic carbocycles. The van der Waals surface area contributed by atoms with Crippen LogP contribution in [0.1, 0.15) is 11.1 Å². The molecule has 0 unspecified atom stereocenters. The number of aliphatic carboxylic acids is 1. The summed E-state index contributed by atoms with van der Waals surface area (Å²) >= 11 is 0. The minimum atomic E-state index is -5.08. The molecule has 1 heterocycles. The van der Waals surface area contributed by atoms with E-state index < -0.39 is 36.3 Å². The van der Waals surface area contributed by atoms with Crippen molar-refractivity contribution in [3.63, 3.8) is 0 Å². The quantitative estimate of drug-likeness (QED) is 0.437. The van der Waals surface area contributed by atoms with Gasteiger partial charge in [0.1, 0.15) is 18.9 Å². The lowest BCUT2D eigenvalue weighted by molar-refractivity contribution is -0.192. The molecular formula is C24H32F3N3O6SSi. The Bertz CT molecular complexity index is 1220. The number of alkyl halides is 3. The summed E-state index contributed by atoms with van der Waals surface area (Å²) in [6, 6.07) is 15.7. The molecule has 38 heavy (non-hydrogen) atoms. The second-order valence-corrected chi connectivity index (χ2v) is 17.1. The lowest BCUT2D eigenvalue weighted by Crippen LogP contribution is -2.37. The first-order valence-electron chi connectivity index (χ1n) is 11.7. The Morgan fingerprint density at radius 3 is 2.24 bits per heavy atom. The maximum Gasteiger partial charge on any atom is 0.490 e. The average Bonchev–Trinajstić information content (AvgIpc) is 3.04. The van der Waals surface area contributed by atoms with Crippen molar-refractivity contribution < 1.29 is 41.0 Å². The van der Waals surface area contributed by atoms with E-state index in [1.807, 2.05) is 42.5 Å². The Kier molecular flexibility index (Phi) is 10.3. The molecule has 1 amide bonds. The van der Waals surface area contributed by atoms with Crippen molar-refractivity contribution in [1.29, 1.82) is 0 Å². The van der Waals surface area contributed by atoms with Gasteiger partial charge in [0, 0.05) is 14.6 Å². The maximum atomic E-state index is 13.2. The average molecular weight is 576 g/mol. The number of halogens is 3. The summed E-state index contributed by atoms with van der Waals surface area (Å²) in [6.07, 6.45) is -4.43. The zero-order valence-electron chi connectivity index (χ0n) is 21.4. The van der Waals surface area contributed by atoms with Gasteiger partial charge in [0.15, 0.2) is 0 Å². The molecule has 0 spiro atoms. The molecule has 1 aliphatic rings. The fourth-order valence-electron chi connectivity index (χ4n) is 3.36. The molecule has 1 fully saturated rings. The zero-order chi connectivity index (χ0) is 28.7. The molecule has 3 N–H and O–H groups in total. The standard InChI is InChI=1S/C22H31N3O4SSi.C2HF3O2/c1-31(2,3)14-13-24-22(26)16-25(30(24,27)28)20-10-9-18(11-12-23)15-21(20)29-17-19-7-5-4-6-8-19;3-2(4,5)1(6)7/h4-10,15H,11-14,16-17,23H2,1-3H3;(H,6,7). The molecule has 14 heteroatoms. The molecule has 2 aromatic carbocycles. The second-order valence-electron chi connectivity index (χ2n) is 9.71. The number of benzene rings is 2. The highest BCUT2D eigenvalue weighted by Crippen LogP contribution is 2.36. The first-order chi connectivity index (χ1) is 17.6. The van der Waals surface area contributed by atoms with Crippen LogP contribution in [-0.2, 0) is 32.8 Å². The number of hydrogen-bond acceptors (Lipinski definition) is 6. The van der Waals surface area contributed by atoms with Gasteiger partial charge in [-0.1, -0.05) is 56.0 Å². The lowest BCUT2D eigenvalue weighted by atomic mass is 10.1. The number of nitrogens with two attached hydrogens (primary N) is 1. The normalized spacial score (nSPS) is 15.2. The molecule has 9 nitrogen and oxygen atoms in total. The summed E-state index contributed by atoms with van der Waals surface area (Å²) in [5, 5.41) is 7.12. The summed E-state index contributed by atoms with van der Waals surface area (Å²) in [5.74, 6) is -2.73. The fraction of sp³-hybridized carbons (Fsp3) is 0.417. The van der Waals surface area contributed by atoms with Gasteiger partial charge in [0.25, 0.3) is 5.91 Å². The molecule has 0 saturated carbocycles. The van der Waals surface area contributed by atoms with Crippen LogP contribution in [0.25, 0.3) is 0 Å². The summed E-state index contributed by atoms with van der Waals surface area (Å²) < 4.78 is 66.4. The van der Waals surface area contributed by atoms with Gasteiger partial charge in [-0.25, -0.2) is 13.4 Å². The molecule has 0 atom stereocenters. The van der Waals surface area contributed by atoms with E-state index in [0.717, 1.165) is 25.8 Å². The van der Waals surface area contributed by atoms with E-state index in [9.17, 15) is 26.4 Å². The van der Waals surface area contributed by atoms with E-state index in [-0.39, 0.29) is 13.1 Å². The van der Waals surface area contributed by atoms with E-state index in [4.69, 9.17) is 20.4 Å². The number of nitrogens with zero attached hydrogens (tertiary/aromatic N) is 2. The van der Waals surface area contributed by atoms with Crippen LogP contribution < -0.4 is 14.8 Å². The topological polar surface area (TPSA) is 130 Å². The zero-order valence-corrected chi connectivity index (χ0v) is 23.2. The molecule has 0 aromatic heterocycles. The summed E-state index contributed by atoms with van der Waals surface area (Å²) in [7, 11) is -5.46. The molecule has 1 saturated heterocycles. The number of hydrogen-bond donors (Lipinski definition) is 2. The summed E-state index contributed by atoms with van der Waals surface area (Å²) in [5.41, 5.74) is 7.98. The van der Waals surface area contributed by atoms with Gasteiger partial charge in [-0.05, 0) is 42.3 Å². The number of anilines is 1. The number of ether oxygens (including phenoxy) is 1. The third kappa shape index (κ3) is 8.74. The number of rotatable bonds is 9. The van der Waals surface area contributed by atoms with Gasteiger partial charge in [-0.2, -0.15) is 21.6 Å². The van der Waals surface area contributed by atoms with Gasteiger partial charge in [-0.15, -0.1) is 0 Å². The Morgan fingerprint density at radius 2 is 1.71 bits per heavy atom. The summed E-state index contributed by atoms with van der Waals surface area (Å²) in [4.78, 5) is 21.5. The molecule has 0 radical (unpaired) electrons. The third-order valence-electron chi connectivity index (χ3n) is 5.38. The van der Waals surface area contributed by atoms with E-state index in [0.29, 0.717) is 31.0 Å². The SMILES string of the molecule is C[Si](C)(C)CCN1C(=O)CN(c2ccc(CCN)cc2OCc2ccccc2)S1(=O)=O.O=C(O)C(F)(F)F. The van der Waals surface area contributed by atoms with Crippen molar-refractivity contribution in [2.75, 3.05) is 23.9 Å². The van der Waals surface area contributed by atoms with E-state index >= 15 is 0 Å². The number of carbonyl (C=O) groups excluding carboxylic acids is 1. The van der Waals surface area contributed by atoms with Gasteiger partial charge in [0.2, 0.25) is 0 Å². The predicted molar refractivity (Wildman–Crippen MR) is 140 cm³/mol. The number of carboxylic acid groups (broad SMARTS) is 1. The number of carboxylic acids is 1. The molecule has 2 aromatic rings. The largest absolute Gasteiger partial charge is 0.490 e. The Balaban J connectivity index is 0.000000638. The van der Waals surface area contributed by atoms with Crippen molar-refractivity contribution in [3.05, 3.63) is 59.7 Å². The summed E-state index contributed by atoms with van der Waals surface area (Å²) in [6.45, 7) is 7.24. The van der Waals surface area contributed by atoms with Crippen LogP contribution in [0.4, 0.5) is 18.9 Å². The van der Waals surface area contributed by atoms with Gasteiger partial charge in [0.05, 0.1) is 5.69 Å². The highest BCUT2D eigenvalue weighted by Gasteiger charge is 2.44. The van der Waals surface area contributed by atoms with Crippen LogP contribution in [0.2, 0.25) is 25.7 Å². The Hall–Kier alpha value is -3.10. The van der Waals surface area contributed by atoms with Crippen LogP contribution in [0.3, 0.4) is 0 Å². The van der Waals surface area contributed by atoms with Crippen LogP contribution in [-0.4, -0.2) is 63.6 Å². The number of amides is 1. The molecule has 1 aliphatic heterocycles. The Labute approximate surface area is 221 Å². The Morgan fingerprint density at radius 1 is 1.11 bits per heavy atom. The molecule has 0 bridgehead atoms. The molecule has 210 valence electrons. The van der Waals surface area contributed by atoms with Crippen LogP contribution in [0, 0.1) is 0 Å². The van der Waals surface area contributed by atoms with Crippen LogP contribution in [0.5, 0.6) is 5.75 Å². The smallest absolute Gasteiger partial charge is 0.487 e. The fourth-order valence-corrected chi connectivity index (χ4v) is 5.96. The van der Waals surface area contributed by atoms with Gasteiger partial charge in [-0.3, -0.25) is 4.79 Å². The second kappa shape index (κ2) is 12.6. The first kappa shape index (κ1) is 31.1. The minimum absolute atomic E-state index is 0.216. The molecular weight excluding hydrogens is 543 g/mol. The van der Waals surface area contributed by atoms with E-state index in [2.05, 4.69) is 19.6 Å². The molecule has 3 rings (SSSR count). The van der Waals surface area contributed by atoms with Crippen molar-refractivity contribution in [1.82, 2.24) is 4.31 Å². The van der Waals surface area contributed by atoms with Crippen molar-refractivity contribution >= 4 is 35.8 Å². The van der Waals surface area contributed by atoms with Crippen LogP contribution >= 0.6 is 0 Å². The lowest BCUT2D eigenvalue weighted by Gasteiger charge is -2.24. The van der Waals surface area contributed by atoms with Crippen molar-refractivity contribution in [2.24, 2.45) is 5.73 Å². The van der Waals surface area contributed by atoms with Crippen molar-refractivity contribution in [2.45, 2.75) is 44.9 Å². The number of carbonyl (C=O) groups is 2. The third-order valence-corrected chi connectivity index (χ3v) is 8.93.